The predicted octanol–water partition coefficient (Wildman–Crippen LogP) is 4.37. The van der Waals surface area contributed by atoms with Gasteiger partial charge in [0.15, 0.2) is 5.13 Å². The van der Waals surface area contributed by atoms with E-state index in [-0.39, 0.29) is 18.3 Å². The first-order valence-electron chi connectivity index (χ1n) is 9.76. The Labute approximate surface area is 182 Å². The lowest BCUT2D eigenvalue weighted by Gasteiger charge is -2.25. The molecule has 1 amide bonds. The molecule has 0 fully saturated rings. The summed E-state index contributed by atoms with van der Waals surface area (Å²) < 4.78 is 2.81. The molecule has 0 spiro atoms. The average Bonchev–Trinajstić information content (AvgIpc) is 3.26. The van der Waals surface area contributed by atoms with Crippen LogP contribution in [-0.4, -0.2) is 51.8 Å². The Balaban J connectivity index is 0.00000300. The molecule has 0 saturated heterocycles. The zero-order valence-corrected chi connectivity index (χ0v) is 19.7. The number of nitrogens with zero attached hydrogens (tertiary/aromatic N) is 5. The van der Waals surface area contributed by atoms with Crippen molar-refractivity contribution in [1.29, 1.82) is 0 Å². The Bertz CT molecular complexity index is 934. The molecule has 3 aromatic rings. The molecule has 158 valence electrons. The molecule has 0 aliphatic carbocycles. The van der Waals surface area contributed by atoms with Crippen molar-refractivity contribution in [2.45, 2.75) is 34.6 Å². The fourth-order valence-corrected chi connectivity index (χ4v) is 4.55. The van der Waals surface area contributed by atoms with Crippen LogP contribution in [0.3, 0.4) is 0 Å². The van der Waals surface area contributed by atoms with Gasteiger partial charge in [0, 0.05) is 20.1 Å². The molecule has 0 radical (unpaired) electrons. The summed E-state index contributed by atoms with van der Waals surface area (Å²) in [5.41, 5.74) is 4.82. The molecule has 0 aliphatic heterocycles. The van der Waals surface area contributed by atoms with Gasteiger partial charge < -0.3 is 4.90 Å². The molecule has 8 heteroatoms. The van der Waals surface area contributed by atoms with Crippen molar-refractivity contribution in [3.05, 3.63) is 40.7 Å². The molecule has 29 heavy (non-hydrogen) atoms. The number of fused-ring (bicyclic) bond motifs is 1. The Morgan fingerprint density at radius 3 is 2.28 bits per heavy atom. The molecule has 0 bridgehead atoms. The number of rotatable bonds is 7. The van der Waals surface area contributed by atoms with E-state index < -0.39 is 0 Å². The molecule has 0 unspecified atom stereocenters. The van der Waals surface area contributed by atoms with Crippen LogP contribution in [-0.2, 0) is 7.05 Å². The summed E-state index contributed by atoms with van der Waals surface area (Å²) in [4.78, 5) is 22.5. The van der Waals surface area contributed by atoms with Crippen LogP contribution in [0.5, 0.6) is 0 Å². The highest BCUT2D eigenvalue weighted by Gasteiger charge is 2.26. The minimum atomic E-state index is -0.0426. The normalized spacial score (nSPS) is 11.1. The number of hydrogen-bond donors (Lipinski definition) is 0. The number of benzene rings is 1. The number of aromatic nitrogens is 3. The largest absolute Gasteiger partial charge is 0.302 e. The number of hydrogen-bond acceptors (Lipinski definition) is 5. The number of anilines is 1. The summed E-state index contributed by atoms with van der Waals surface area (Å²) in [6.07, 6.45) is 1.74. The predicted molar refractivity (Wildman–Crippen MR) is 124 cm³/mol. The van der Waals surface area contributed by atoms with E-state index in [1.165, 1.54) is 5.56 Å². The minimum absolute atomic E-state index is 0. The molecule has 1 aromatic carbocycles. The van der Waals surface area contributed by atoms with Crippen LogP contribution >= 0.6 is 23.7 Å². The average molecular weight is 436 g/mol. The van der Waals surface area contributed by atoms with Crippen LogP contribution in [0.25, 0.3) is 10.2 Å². The summed E-state index contributed by atoms with van der Waals surface area (Å²) in [5, 5.41) is 5.01. The molecule has 0 atom stereocenters. The molecule has 2 aromatic heterocycles. The second-order valence-corrected chi connectivity index (χ2v) is 8.13. The van der Waals surface area contributed by atoms with Gasteiger partial charge in [-0.1, -0.05) is 37.3 Å². The van der Waals surface area contributed by atoms with E-state index in [4.69, 9.17) is 4.98 Å². The topological polar surface area (TPSA) is 54.3 Å². The van der Waals surface area contributed by atoms with Crippen molar-refractivity contribution in [3.63, 3.8) is 0 Å². The smallest absolute Gasteiger partial charge is 0.278 e. The second-order valence-electron chi connectivity index (χ2n) is 7.16. The molecule has 0 N–H and O–H groups in total. The first kappa shape index (κ1) is 23.3. The van der Waals surface area contributed by atoms with Crippen LogP contribution in [0.4, 0.5) is 5.13 Å². The SMILES string of the molecule is CCN(CC)CCN(C(=O)c1c(C)cnn1C)c1nc2c(C)ccc(C)c2s1.Cl. The molecular formula is C21H30ClN5OS. The standard InChI is InChI=1S/C21H29N5OS.ClH/c1-7-25(8-2)11-12-26(20(27)18-16(5)13-22-24(18)6)21-23-17-14(3)9-10-15(4)19(17)28-21;/h9-10,13H,7-8,11-12H2,1-6H3;1H. The van der Waals surface area contributed by atoms with Gasteiger partial charge in [-0.05, 0) is 50.6 Å². The van der Waals surface area contributed by atoms with Crippen molar-refractivity contribution in [2.75, 3.05) is 31.1 Å². The fraction of sp³-hybridized carbons (Fsp3) is 0.476. The summed E-state index contributed by atoms with van der Waals surface area (Å²) in [7, 11) is 1.81. The molecule has 0 saturated carbocycles. The Hall–Kier alpha value is -1.96. The van der Waals surface area contributed by atoms with E-state index in [2.05, 4.69) is 49.8 Å². The van der Waals surface area contributed by atoms with E-state index in [1.54, 1.807) is 22.2 Å². The first-order valence-corrected chi connectivity index (χ1v) is 10.6. The molecule has 3 rings (SSSR count). The van der Waals surface area contributed by atoms with E-state index >= 15 is 0 Å². The lowest BCUT2D eigenvalue weighted by Crippen LogP contribution is -2.39. The number of aryl methyl sites for hydroxylation is 4. The van der Waals surface area contributed by atoms with Crippen LogP contribution in [0.15, 0.2) is 18.3 Å². The van der Waals surface area contributed by atoms with Crippen LogP contribution < -0.4 is 4.90 Å². The zero-order chi connectivity index (χ0) is 20.4. The molecular weight excluding hydrogens is 406 g/mol. The van der Waals surface area contributed by atoms with Gasteiger partial charge in [0.25, 0.3) is 5.91 Å². The van der Waals surface area contributed by atoms with Crippen molar-refractivity contribution in [1.82, 2.24) is 19.7 Å². The number of amides is 1. The van der Waals surface area contributed by atoms with E-state index in [0.717, 1.165) is 46.1 Å². The van der Waals surface area contributed by atoms with Crippen LogP contribution in [0.1, 0.15) is 41.0 Å². The third-order valence-electron chi connectivity index (χ3n) is 5.27. The summed E-state index contributed by atoms with van der Waals surface area (Å²) >= 11 is 1.60. The van der Waals surface area contributed by atoms with Gasteiger partial charge in [0.1, 0.15) is 5.69 Å². The maximum Gasteiger partial charge on any atom is 0.278 e. The Kier molecular flexibility index (Phi) is 7.80. The van der Waals surface area contributed by atoms with Gasteiger partial charge in [-0.15, -0.1) is 12.4 Å². The lowest BCUT2D eigenvalue weighted by atomic mass is 10.1. The molecule has 0 aliphatic rings. The number of thiazole rings is 1. The Morgan fingerprint density at radius 1 is 1.07 bits per heavy atom. The number of carbonyl (C=O) groups is 1. The summed E-state index contributed by atoms with van der Waals surface area (Å²) in [5.74, 6) is -0.0426. The Morgan fingerprint density at radius 2 is 1.72 bits per heavy atom. The van der Waals surface area contributed by atoms with E-state index in [9.17, 15) is 4.79 Å². The van der Waals surface area contributed by atoms with E-state index in [1.807, 2.05) is 18.9 Å². The number of likely N-dealkylation sites (N-methyl/N-ethyl adjacent to an activating group) is 1. The maximum absolute atomic E-state index is 13.5. The zero-order valence-electron chi connectivity index (χ0n) is 18.0. The van der Waals surface area contributed by atoms with Crippen molar-refractivity contribution < 1.29 is 4.79 Å². The number of halogens is 1. The fourth-order valence-electron chi connectivity index (χ4n) is 3.41. The van der Waals surface area contributed by atoms with Gasteiger partial charge in [0.2, 0.25) is 0 Å². The molecule has 6 nitrogen and oxygen atoms in total. The van der Waals surface area contributed by atoms with Crippen molar-refractivity contribution in [3.8, 4) is 0 Å². The van der Waals surface area contributed by atoms with Gasteiger partial charge in [-0.25, -0.2) is 4.98 Å². The van der Waals surface area contributed by atoms with Crippen LogP contribution in [0.2, 0.25) is 0 Å². The van der Waals surface area contributed by atoms with E-state index in [0.29, 0.717) is 12.2 Å². The summed E-state index contributed by atoms with van der Waals surface area (Å²) in [6.45, 7) is 13.7. The lowest BCUT2D eigenvalue weighted by molar-refractivity contribution is 0.0974. The van der Waals surface area contributed by atoms with Crippen LogP contribution in [0, 0.1) is 20.8 Å². The highest BCUT2D eigenvalue weighted by molar-refractivity contribution is 7.22. The first-order chi connectivity index (χ1) is 13.4. The number of carbonyl (C=O) groups excluding carboxylic acids is 1. The van der Waals surface area contributed by atoms with Gasteiger partial charge in [-0.3, -0.25) is 14.4 Å². The van der Waals surface area contributed by atoms with Gasteiger partial charge in [0.05, 0.1) is 16.4 Å². The van der Waals surface area contributed by atoms with Gasteiger partial charge in [-0.2, -0.15) is 5.10 Å². The maximum atomic E-state index is 13.5. The highest BCUT2D eigenvalue weighted by Crippen LogP contribution is 2.33. The van der Waals surface area contributed by atoms with Crippen molar-refractivity contribution >= 4 is 45.0 Å². The summed E-state index contributed by atoms with van der Waals surface area (Å²) in [6, 6.07) is 4.21. The second kappa shape index (κ2) is 9.69. The third kappa shape index (κ3) is 4.63. The van der Waals surface area contributed by atoms with Crippen molar-refractivity contribution in [2.24, 2.45) is 7.05 Å². The van der Waals surface area contributed by atoms with Gasteiger partial charge >= 0.3 is 0 Å². The highest BCUT2D eigenvalue weighted by atomic mass is 35.5. The minimum Gasteiger partial charge on any atom is -0.302 e. The molecule has 2 heterocycles. The quantitative estimate of drug-likeness (QED) is 0.553. The monoisotopic (exact) mass is 435 g/mol. The third-order valence-corrected chi connectivity index (χ3v) is 6.48.